The maximum atomic E-state index is 6.13. The molecular formula is C16H18BrN3. The third-order valence-corrected chi connectivity index (χ3v) is 5.54. The first kappa shape index (κ1) is 12.5. The molecule has 4 rings (SSSR count). The summed E-state index contributed by atoms with van der Waals surface area (Å²) in [7, 11) is 0. The van der Waals surface area contributed by atoms with Gasteiger partial charge < -0.3 is 5.73 Å². The number of hydrogen-bond donors (Lipinski definition) is 2. The maximum absolute atomic E-state index is 6.13. The highest BCUT2D eigenvalue weighted by atomic mass is 79.9. The number of aromatic amines is 1. The van der Waals surface area contributed by atoms with Crippen LogP contribution < -0.4 is 5.73 Å². The minimum atomic E-state index is 0.618. The van der Waals surface area contributed by atoms with Crippen LogP contribution in [0, 0.1) is 11.8 Å². The van der Waals surface area contributed by atoms with Crippen molar-refractivity contribution < 1.29 is 0 Å². The van der Waals surface area contributed by atoms with Gasteiger partial charge in [-0.2, -0.15) is 5.10 Å². The second kappa shape index (κ2) is 4.62. The van der Waals surface area contributed by atoms with Gasteiger partial charge in [-0.3, -0.25) is 5.10 Å². The van der Waals surface area contributed by atoms with Crippen molar-refractivity contribution in [2.24, 2.45) is 11.8 Å². The van der Waals surface area contributed by atoms with Crippen molar-refractivity contribution in [2.75, 3.05) is 5.73 Å². The van der Waals surface area contributed by atoms with E-state index in [-0.39, 0.29) is 0 Å². The van der Waals surface area contributed by atoms with Crippen LogP contribution in [0.25, 0.3) is 11.1 Å². The van der Waals surface area contributed by atoms with Gasteiger partial charge in [-0.25, -0.2) is 0 Å². The van der Waals surface area contributed by atoms with Gasteiger partial charge in [-0.05, 0) is 48.8 Å². The molecule has 2 saturated carbocycles. The van der Waals surface area contributed by atoms with Crippen LogP contribution in [-0.4, -0.2) is 10.2 Å². The number of H-pyrrole nitrogens is 1. The third-order valence-electron chi connectivity index (χ3n) is 5.04. The number of anilines is 1. The molecule has 2 aliphatic carbocycles. The van der Waals surface area contributed by atoms with Crippen LogP contribution in [0.15, 0.2) is 28.7 Å². The Morgan fingerprint density at radius 2 is 2.15 bits per heavy atom. The highest BCUT2D eigenvalue weighted by molar-refractivity contribution is 9.10. The van der Waals surface area contributed by atoms with E-state index in [1.807, 2.05) is 6.07 Å². The van der Waals surface area contributed by atoms with Gasteiger partial charge in [0.25, 0.3) is 0 Å². The van der Waals surface area contributed by atoms with Gasteiger partial charge in [0.15, 0.2) is 5.82 Å². The molecule has 0 radical (unpaired) electrons. The summed E-state index contributed by atoms with van der Waals surface area (Å²) in [5, 5.41) is 7.52. The Morgan fingerprint density at radius 1 is 1.25 bits per heavy atom. The number of nitrogens with two attached hydrogens (primary N) is 1. The fourth-order valence-corrected chi connectivity index (χ4v) is 4.58. The molecule has 3 unspecified atom stereocenters. The van der Waals surface area contributed by atoms with Crippen LogP contribution in [0.3, 0.4) is 0 Å². The molecule has 2 fully saturated rings. The van der Waals surface area contributed by atoms with Gasteiger partial charge in [0.2, 0.25) is 0 Å². The normalized spacial score (nSPS) is 28.1. The van der Waals surface area contributed by atoms with Gasteiger partial charge in [0.1, 0.15) is 0 Å². The first-order valence-electron chi connectivity index (χ1n) is 7.32. The number of rotatable bonds is 2. The first-order chi connectivity index (χ1) is 9.72. The zero-order valence-corrected chi connectivity index (χ0v) is 12.9. The highest BCUT2D eigenvalue weighted by Gasteiger charge is 2.42. The Kier molecular flexibility index (Phi) is 2.88. The molecule has 0 aliphatic heterocycles. The summed E-state index contributed by atoms with van der Waals surface area (Å²) in [6.45, 7) is 0. The van der Waals surface area contributed by atoms with Crippen molar-refractivity contribution in [1.29, 1.82) is 0 Å². The molecule has 3 nitrogen and oxygen atoms in total. The molecule has 1 aromatic heterocycles. The number of aromatic nitrogens is 2. The number of hydrogen-bond acceptors (Lipinski definition) is 2. The number of benzene rings is 1. The summed E-state index contributed by atoms with van der Waals surface area (Å²) < 4.78 is 1.08. The van der Waals surface area contributed by atoms with Crippen LogP contribution in [0.4, 0.5) is 5.82 Å². The summed E-state index contributed by atoms with van der Waals surface area (Å²) in [6, 6.07) is 8.33. The van der Waals surface area contributed by atoms with Crippen molar-refractivity contribution in [3.8, 4) is 11.1 Å². The molecule has 20 heavy (non-hydrogen) atoms. The lowest BCUT2D eigenvalue weighted by Gasteiger charge is -2.21. The molecule has 3 atom stereocenters. The van der Waals surface area contributed by atoms with Gasteiger partial charge in [-0.1, -0.05) is 34.5 Å². The van der Waals surface area contributed by atoms with E-state index in [2.05, 4.69) is 44.3 Å². The molecule has 0 spiro atoms. The predicted octanol–water partition coefficient (Wildman–Crippen LogP) is 4.33. The molecular weight excluding hydrogens is 314 g/mol. The number of nitrogens with one attached hydrogen (secondary N) is 1. The largest absolute Gasteiger partial charge is 0.382 e. The molecule has 0 saturated heterocycles. The number of halogens is 1. The summed E-state index contributed by atoms with van der Waals surface area (Å²) in [5.74, 6) is 2.99. The smallest absolute Gasteiger partial charge is 0.153 e. The van der Waals surface area contributed by atoms with Crippen molar-refractivity contribution in [3.63, 3.8) is 0 Å². The first-order valence-corrected chi connectivity index (χ1v) is 8.11. The Hall–Kier alpha value is -1.29. The Morgan fingerprint density at radius 3 is 2.85 bits per heavy atom. The lowest BCUT2D eigenvalue weighted by Crippen LogP contribution is -2.10. The molecule has 1 aromatic carbocycles. The predicted molar refractivity (Wildman–Crippen MR) is 84.3 cm³/mol. The van der Waals surface area contributed by atoms with Crippen LogP contribution in [0.1, 0.15) is 37.3 Å². The van der Waals surface area contributed by atoms with Crippen LogP contribution in [0.2, 0.25) is 0 Å². The number of fused-ring (bicyclic) bond motifs is 2. The van der Waals surface area contributed by atoms with Crippen molar-refractivity contribution in [2.45, 2.75) is 31.6 Å². The maximum Gasteiger partial charge on any atom is 0.153 e. The fraction of sp³-hybridized carbons (Fsp3) is 0.438. The molecule has 2 aliphatic rings. The monoisotopic (exact) mass is 331 g/mol. The van der Waals surface area contributed by atoms with Crippen molar-refractivity contribution in [1.82, 2.24) is 10.2 Å². The Labute approximate surface area is 127 Å². The topological polar surface area (TPSA) is 54.7 Å². The van der Waals surface area contributed by atoms with Crippen LogP contribution in [0.5, 0.6) is 0 Å². The average molecular weight is 332 g/mol. The second-order valence-corrected chi connectivity index (χ2v) is 7.10. The van der Waals surface area contributed by atoms with E-state index in [0.717, 1.165) is 27.4 Å². The molecule has 2 bridgehead atoms. The zero-order valence-electron chi connectivity index (χ0n) is 11.3. The van der Waals surface area contributed by atoms with Crippen molar-refractivity contribution in [3.05, 3.63) is 34.4 Å². The van der Waals surface area contributed by atoms with E-state index in [1.165, 1.54) is 31.4 Å². The summed E-state index contributed by atoms with van der Waals surface area (Å²) in [4.78, 5) is 0. The van der Waals surface area contributed by atoms with Crippen LogP contribution in [-0.2, 0) is 0 Å². The highest BCUT2D eigenvalue weighted by Crippen LogP contribution is 2.54. The van der Waals surface area contributed by atoms with Gasteiger partial charge in [0.05, 0.1) is 0 Å². The summed E-state index contributed by atoms with van der Waals surface area (Å²) in [5.41, 5.74) is 9.66. The van der Waals surface area contributed by atoms with Crippen LogP contribution >= 0.6 is 15.9 Å². The van der Waals surface area contributed by atoms with E-state index in [1.54, 1.807) is 0 Å². The third kappa shape index (κ3) is 1.89. The lowest BCUT2D eigenvalue weighted by molar-refractivity contribution is 0.413. The zero-order chi connectivity index (χ0) is 13.7. The second-order valence-electron chi connectivity index (χ2n) is 6.19. The molecule has 2 aromatic rings. The van der Waals surface area contributed by atoms with Gasteiger partial charge in [-0.15, -0.1) is 0 Å². The molecule has 3 N–H and O–H groups in total. The van der Waals surface area contributed by atoms with E-state index >= 15 is 0 Å². The standard InChI is InChI=1S/C16H18BrN3/c17-12-3-1-2-11(8-12)14-15(19-20-16(14)18)13-7-9-4-5-10(13)6-9/h1-3,8-10,13H,4-7H2,(H3,18,19,20). The van der Waals surface area contributed by atoms with Gasteiger partial charge >= 0.3 is 0 Å². The summed E-state index contributed by atoms with van der Waals surface area (Å²) in [6.07, 6.45) is 5.47. The Bertz CT molecular complexity index is 649. The van der Waals surface area contributed by atoms with E-state index in [4.69, 9.17) is 5.73 Å². The minimum absolute atomic E-state index is 0.618. The lowest BCUT2D eigenvalue weighted by atomic mass is 9.84. The Balaban J connectivity index is 1.78. The SMILES string of the molecule is Nc1n[nH]c(C2CC3CCC2C3)c1-c1cccc(Br)c1. The van der Waals surface area contributed by atoms with E-state index < -0.39 is 0 Å². The minimum Gasteiger partial charge on any atom is -0.382 e. The van der Waals surface area contributed by atoms with Crippen molar-refractivity contribution >= 4 is 21.7 Å². The van der Waals surface area contributed by atoms with E-state index in [0.29, 0.717) is 11.7 Å². The molecule has 0 amide bonds. The number of nitrogens with zero attached hydrogens (tertiary/aromatic N) is 1. The molecule has 1 heterocycles. The van der Waals surface area contributed by atoms with Gasteiger partial charge in [0, 0.05) is 21.6 Å². The van der Waals surface area contributed by atoms with E-state index in [9.17, 15) is 0 Å². The molecule has 4 heteroatoms. The number of nitrogen functional groups attached to an aromatic ring is 1. The fourth-order valence-electron chi connectivity index (χ4n) is 4.18. The summed E-state index contributed by atoms with van der Waals surface area (Å²) >= 11 is 3.54. The average Bonchev–Trinajstić information content (AvgIpc) is 3.12. The molecule has 104 valence electrons. The quantitative estimate of drug-likeness (QED) is 0.860.